The van der Waals surface area contributed by atoms with Gasteiger partial charge < -0.3 is 10.1 Å². The number of rotatable bonds is 3. The van der Waals surface area contributed by atoms with Crippen molar-refractivity contribution >= 4 is 40.5 Å². The van der Waals surface area contributed by atoms with Crippen LogP contribution in [0.2, 0.25) is 5.02 Å². The van der Waals surface area contributed by atoms with E-state index >= 15 is 0 Å². The Balaban J connectivity index is 3.06. The van der Waals surface area contributed by atoms with Crippen LogP contribution >= 0.6 is 23.8 Å². The predicted octanol–water partition coefficient (Wildman–Crippen LogP) is 3.98. The molecule has 20 heavy (non-hydrogen) atoms. The summed E-state index contributed by atoms with van der Waals surface area (Å²) in [6.07, 6.45) is 0.281. The number of carbonyl (C=O) groups is 1. The van der Waals surface area contributed by atoms with Crippen LogP contribution in [0.1, 0.15) is 26.3 Å². The number of carbonyl (C=O) groups excluding carboxylic acids is 1. The van der Waals surface area contributed by atoms with Crippen LogP contribution in [0.25, 0.3) is 0 Å². The summed E-state index contributed by atoms with van der Waals surface area (Å²) in [7, 11) is 1.46. The lowest BCUT2D eigenvalue weighted by atomic mass is 9.95. The van der Waals surface area contributed by atoms with E-state index in [0.29, 0.717) is 10.6 Å². The van der Waals surface area contributed by atoms with E-state index < -0.39 is 11.2 Å². The van der Waals surface area contributed by atoms with Crippen LogP contribution in [0.3, 0.4) is 0 Å². The number of anilines is 1. The summed E-state index contributed by atoms with van der Waals surface area (Å²) in [5.41, 5.74) is 0.0704. The molecule has 6 heteroatoms. The fourth-order valence-corrected chi connectivity index (χ4v) is 1.74. The van der Waals surface area contributed by atoms with E-state index in [1.54, 1.807) is 20.8 Å². The van der Waals surface area contributed by atoms with Gasteiger partial charge in [-0.1, -0.05) is 32.4 Å². The van der Waals surface area contributed by atoms with Gasteiger partial charge in [-0.05, 0) is 29.9 Å². The Bertz CT molecular complexity index is 541. The van der Waals surface area contributed by atoms with E-state index in [9.17, 15) is 9.18 Å². The van der Waals surface area contributed by atoms with Gasteiger partial charge in [0.15, 0.2) is 5.05 Å². The Hall–Kier alpha value is -1.20. The molecule has 1 rings (SSSR count). The third kappa shape index (κ3) is 4.42. The minimum atomic E-state index is -0.617. The van der Waals surface area contributed by atoms with Gasteiger partial charge >= 0.3 is 0 Å². The summed E-state index contributed by atoms with van der Waals surface area (Å²) in [5.74, 6) is -0.862. The summed E-state index contributed by atoms with van der Waals surface area (Å²) in [4.78, 5) is 11.9. The summed E-state index contributed by atoms with van der Waals surface area (Å²) < 4.78 is 18.7. The second kappa shape index (κ2) is 6.50. The predicted molar refractivity (Wildman–Crippen MR) is 82.8 cm³/mol. The standard InChI is InChI=1S/C14H17ClFNO2S/c1-14(2,3)13(18)17-11-5-8(6-12(20)19-4)9(15)7-10(11)16/h5,7H,6H2,1-4H3,(H,17,18). The highest BCUT2D eigenvalue weighted by Gasteiger charge is 2.22. The maximum absolute atomic E-state index is 13.8. The Morgan fingerprint density at radius 3 is 2.55 bits per heavy atom. The fourth-order valence-electron chi connectivity index (χ4n) is 1.36. The first-order chi connectivity index (χ1) is 9.15. The molecule has 0 aliphatic rings. The largest absolute Gasteiger partial charge is 0.490 e. The molecule has 110 valence electrons. The van der Waals surface area contributed by atoms with Crippen molar-refractivity contribution < 1.29 is 13.9 Å². The van der Waals surface area contributed by atoms with Crippen molar-refractivity contribution in [2.45, 2.75) is 27.2 Å². The smallest absolute Gasteiger partial charge is 0.229 e. The van der Waals surface area contributed by atoms with Crippen molar-refractivity contribution in [1.82, 2.24) is 0 Å². The number of amides is 1. The zero-order chi connectivity index (χ0) is 15.5. The Kier molecular flexibility index (Phi) is 5.48. The number of thiocarbonyl (C=S) groups is 1. The molecule has 1 aromatic rings. The third-order valence-corrected chi connectivity index (χ3v) is 3.29. The van der Waals surface area contributed by atoms with Gasteiger partial charge in [0.2, 0.25) is 5.91 Å². The van der Waals surface area contributed by atoms with Gasteiger partial charge in [0.05, 0.1) is 12.8 Å². The highest BCUT2D eigenvalue weighted by atomic mass is 35.5. The third-order valence-electron chi connectivity index (χ3n) is 2.63. The van der Waals surface area contributed by atoms with E-state index in [4.69, 9.17) is 28.6 Å². The van der Waals surface area contributed by atoms with Crippen molar-refractivity contribution in [1.29, 1.82) is 0 Å². The molecular formula is C14H17ClFNO2S. The maximum Gasteiger partial charge on any atom is 0.229 e. The van der Waals surface area contributed by atoms with Gasteiger partial charge in [-0.15, -0.1) is 0 Å². The summed E-state index contributed by atoms with van der Waals surface area (Å²) >= 11 is 10.9. The molecule has 0 saturated heterocycles. The van der Waals surface area contributed by atoms with Gasteiger partial charge in [-0.2, -0.15) is 0 Å². The normalized spacial score (nSPS) is 11.1. The number of methoxy groups -OCH3 is 1. The second-order valence-electron chi connectivity index (χ2n) is 5.38. The van der Waals surface area contributed by atoms with Crippen LogP contribution in [0.4, 0.5) is 10.1 Å². The van der Waals surface area contributed by atoms with Crippen LogP contribution in [-0.2, 0) is 16.0 Å². The van der Waals surface area contributed by atoms with E-state index in [-0.39, 0.29) is 23.0 Å². The Morgan fingerprint density at radius 1 is 1.45 bits per heavy atom. The van der Waals surface area contributed by atoms with Crippen molar-refractivity contribution in [3.63, 3.8) is 0 Å². The van der Waals surface area contributed by atoms with E-state index in [0.717, 1.165) is 6.07 Å². The first-order valence-corrected chi connectivity index (χ1v) is 6.80. The van der Waals surface area contributed by atoms with Gasteiger partial charge in [0.25, 0.3) is 0 Å². The molecule has 1 N–H and O–H groups in total. The van der Waals surface area contributed by atoms with E-state index in [2.05, 4.69) is 5.32 Å². The van der Waals surface area contributed by atoms with Gasteiger partial charge in [0.1, 0.15) is 5.82 Å². The van der Waals surface area contributed by atoms with Crippen LogP contribution < -0.4 is 5.32 Å². The zero-order valence-corrected chi connectivity index (χ0v) is 13.4. The maximum atomic E-state index is 13.8. The molecule has 0 saturated carbocycles. The van der Waals surface area contributed by atoms with Crippen LogP contribution in [0.5, 0.6) is 0 Å². The van der Waals surface area contributed by atoms with Crippen molar-refractivity contribution in [2.75, 3.05) is 12.4 Å². The number of halogens is 2. The molecule has 0 radical (unpaired) electrons. The second-order valence-corrected chi connectivity index (χ2v) is 6.24. The Morgan fingerprint density at radius 2 is 2.05 bits per heavy atom. The highest BCUT2D eigenvalue weighted by Crippen LogP contribution is 2.26. The number of benzene rings is 1. The minimum absolute atomic E-state index is 0.0863. The highest BCUT2D eigenvalue weighted by molar-refractivity contribution is 7.80. The molecule has 0 aliphatic heterocycles. The van der Waals surface area contributed by atoms with Crippen molar-refractivity contribution in [2.24, 2.45) is 5.41 Å². The van der Waals surface area contributed by atoms with Crippen molar-refractivity contribution in [3.05, 3.63) is 28.5 Å². The molecule has 0 aliphatic carbocycles. The van der Waals surface area contributed by atoms with Crippen LogP contribution in [0.15, 0.2) is 12.1 Å². The number of hydrogen-bond acceptors (Lipinski definition) is 3. The molecule has 3 nitrogen and oxygen atoms in total. The quantitative estimate of drug-likeness (QED) is 0.857. The molecular weight excluding hydrogens is 301 g/mol. The molecule has 0 aromatic heterocycles. The van der Waals surface area contributed by atoms with Gasteiger partial charge in [-0.25, -0.2) is 4.39 Å². The van der Waals surface area contributed by atoms with E-state index in [1.165, 1.54) is 13.2 Å². The first-order valence-electron chi connectivity index (χ1n) is 6.01. The summed E-state index contributed by atoms with van der Waals surface area (Å²) in [5, 5.41) is 3.14. The van der Waals surface area contributed by atoms with Gasteiger partial charge in [0, 0.05) is 16.9 Å². The Labute approximate surface area is 128 Å². The number of nitrogens with one attached hydrogen (secondary N) is 1. The van der Waals surface area contributed by atoms with Gasteiger partial charge in [-0.3, -0.25) is 4.79 Å². The summed E-state index contributed by atoms with van der Waals surface area (Å²) in [6, 6.07) is 2.64. The fraction of sp³-hybridized carbons (Fsp3) is 0.429. The topological polar surface area (TPSA) is 38.3 Å². The van der Waals surface area contributed by atoms with Crippen molar-refractivity contribution in [3.8, 4) is 0 Å². The molecule has 0 spiro atoms. The summed E-state index contributed by atoms with van der Waals surface area (Å²) in [6.45, 7) is 5.24. The lowest BCUT2D eigenvalue weighted by Gasteiger charge is -2.18. The van der Waals surface area contributed by atoms with Crippen LogP contribution in [0, 0.1) is 11.2 Å². The minimum Gasteiger partial charge on any atom is -0.490 e. The molecule has 0 heterocycles. The van der Waals surface area contributed by atoms with E-state index in [1.807, 2.05) is 0 Å². The average Bonchev–Trinajstić information content (AvgIpc) is 2.33. The molecule has 0 bridgehead atoms. The monoisotopic (exact) mass is 317 g/mol. The average molecular weight is 318 g/mol. The lowest BCUT2D eigenvalue weighted by molar-refractivity contribution is -0.123. The molecule has 0 atom stereocenters. The lowest BCUT2D eigenvalue weighted by Crippen LogP contribution is -2.28. The molecule has 1 aromatic carbocycles. The molecule has 0 fully saturated rings. The SMILES string of the molecule is COC(=S)Cc1cc(NC(=O)C(C)(C)C)c(F)cc1Cl. The molecule has 0 unspecified atom stereocenters. The number of ether oxygens (including phenoxy) is 1. The zero-order valence-electron chi connectivity index (χ0n) is 11.8. The molecule has 1 amide bonds. The number of hydrogen-bond donors (Lipinski definition) is 1. The van der Waals surface area contributed by atoms with Crippen LogP contribution in [-0.4, -0.2) is 18.1 Å². The first kappa shape index (κ1) is 16.9.